The molecule has 1 aromatic heterocycles. The molecule has 9 heteroatoms. The van der Waals surface area contributed by atoms with E-state index < -0.39 is 4.92 Å². The van der Waals surface area contributed by atoms with Gasteiger partial charge in [0.05, 0.1) is 46.0 Å². The van der Waals surface area contributed by atoms with Gasteiger partial charge in [-0.2, -0.15) is 5.26 Å². The SMILES string of the molecule is N#Cc1cnc2c(Cl)cc([N+](=O)[O-])cc2c1NC(CCN1CCOCC1)c1ccccc1. The van der Waals surface area contributed by atoms with E-state index in [9.17, 15) is 15.4 Å². The monoisotopic (exact) mass is 451 g/mol. The lowest BCUT2D eigenvalue weighted by Crippen LogP contribution is -2.37. The van der Waals surface area contributed by atoms with Crippen molar-refractivity contribution in [2.75, 3.05) is 38.2 Å². The first-order valence-corrected chi connectivity index (χ1v) is 10.7. The molecule has 1 N–H and O–H groups in total. The van der Waals surface area contributed by atoms with Crippen molar-refractivity contribution in [3.05, 3.63) is 74.9 Å². The van der Waals surface area contributed by atoms with Crippen LogP contribution in [-0.2, 0) is 4.74 Å². The van der Waals surface area contributed by atoms with Crippen molar-refractivity contribution in [3.63, 3.8) is 0 Å². The molecule has 0 bridgehead atoms. The van der Waals surface area contributed by atoms with Gasteiger partial charge in [-0.3, -0.25) is 20.0 Å². The van der Waals surface area contributed by atoms with Crippen LogP contribution in [-0.4, -0.2) is 47.7 Å². The molecule has 1 saturated heterocycles. The molecule has 32 heavy (non-hydrogen) atoms. The largest absolute Gasteiger partial charge is 0.379 e. The number of aromatic nitrogens is 1. The Morgan fingerprint density at radius 2 is 2.03 bits per heavy atom. The van der Waals surface area contributed by atoms with Gasteiger partial charge in [-0.1, -0.05) is 41.9 Å². The molecule has 1 aliphatic heterocycles. The lowest BCUT2D eigenvalue weighted by molar-refractivity contribution is -0.384. The number of nitrogens with zero attached hydrogens (tertiary/aromatic N) is 4. The lowest BCUT2D eigenvalue weighted by Gasteiger charge is -2.29. The van der Waals surface area contributed by atoms with E-state index in [4.69, 9.17) is 16.3 Å². The summed E-state index contributed by atoms with van der Waals surface area (Å²) in [6, 6.07) is 14.7. The maximum atomic E-state index is 11.4. The Kier molecular flexibility index (Phi) is 6.81. The van der Waals surface area contributed by atoms with E-state index in [1.807, 2.05) is 30.3 Å². The molecule has 1 fully saturated rings. The summed E-state index contributed by atoms with van der Waals surface area (Å²) in [6.45, 7) is 4.05. The molecule has 2 heterocycles. The van der Waals surface area contributed by atoms with Crippen molar-refractivity contribution in [2.24, 2.45) is 0 Å². The first-order valence-electron chi connectivity index (χ1n) is 10.3. The zero-order valence-electron chi connectivity index (χ0n) is 17.3. The molecular formula is C23H22ClN5O3. The van der Waals surface area contributed by atoms with Crippen LogP contribution in [0.2, 0.25) is 5.02 Å². The number of nitrogens with one attached hydrogen (secondary N) is 1. The van der Waals surface area contributed by atoms with Gasteiger partial charge in [-0.15, -0.1) is 0 Å². The van der Waals surface area contributed by atoms with Crippen molar-refractivity contribution in [2.45, 2.75) is 12.5 Å². The highest BCUT2D eigenvalue weighted by Gasteiger charge is 2.21. The molecule has 4 rings (SSSR count). The number of pyridine rings is 1. The van der Waals surface area contributed by atoms with E-state index >= 15 is 0 Å². The van der Waals surface area contributed by atoms with Crippen LogP contribution in [0.25, 0.3) is 10.9 Å². The number of nitriles is 1. The minimum atomic E-state index is -0.499. The zero-order valence-corrected chi connectivity index (χ0v) is 18.1. The smallest absolute Gasteiger partial charge is 0.271 e. The molecule has 1 atom stereocenters. The molecule has 164 valence electrons. The average Bonchev–Trinajstić information content (AvgIpc) is 2.82. The molecule has 1 aliphatic rings. The summed E-state index contributed by atoms with van der Waals surface area (Å²) in [5, 5.41) is 25.2. The first-order chi connectivity index (χ1) is 15.6. The topological polar surface area (TPSA) is 104 Å². The van der Waals surface area contributed by atoms with Gasteiger partial charge in [0.2, 0.25) is 0 Å². The van der Waals surface area contributed by atoms with E-state index in [0.717, 1.165) is 44.8 Å². The summed E-state index contributed by atoms with van der Waals surface area (Å²) >= 11 is 6.29. The van der Waals surface area contributed by atoms with Gasteiger partial charge in [-0.05, 0) is 12.0 Å². The Morgan fingerprint density at radius 1 is 1.28 bits per heavy atom. The number of hydrogen-bond acceptors (Lipinski definition) is 7. The normalized spacial score (nSPS) is 15.2. The van der Waals surface area contributed by atoms with Gasteiger partial charge in [0.15, 0.2) is 0 Å². The highest BCUT2D eigenvalue weighted by atomic mass is 35.5. The average molecular weight is 452 g/mol. The number of halogens is 1. The van der Waals surface area contributed by atoms with E-state index in [1.165, 1.54) is 18.3 Å². The highest BCUT2D eigenvalue weighted by Crippen LogP contribution is 2.36. The molecule has 1 unspecified atom stereocenters. The summed E-state index contributed by atoms with van der Waals surface area (Å²) in [7, 11) is 0. The second-order valence-electron chi connectivity index (χ2n) is 7.59. The summed E-state index contributed by atoms with van der Waals surface area (Å²) in [4.78, 5) is 17.5. The third-order valence-electron chi connectivity index (χ3n) is 5.60. The molecule has 0 aliphatic carbocycles. The molecular weight excluding hydrogens is 430 g/mol. The predicted octanol–water partition coefficient (Wildman–Crippen LogP) is 4.54. The van der Waals surface area contributed by atoms with E-state index in [1.54, 1.807) is 0 Å². The van der Waals surface area contributed by atoms with Gasteiger partial charge in [0.25, 0.3) is 5.69 Å². The fraction of sp³-hybridized carbons (Fsp3) is 0.304. The summed E-state index contributed by atoms with van der Waals surface area (Å²) < 4.78 is 5.44. The molecule has 0 saturated carbocycles. The standard InChI is InChI=1S/C23H22ClN5O3/c24-20-13-18(29(30)31)12-19-22(17(14-25)15-26-23(19)20)27-21(16-4-2-1-3-5-16)6-7-28-8-10-32-11-9-28/h1-5,12-13,15,21H,6-11H2,(H,26,27). The number of non-ortho nitro benzene ring substituents is 1. The van der Waals surface area contributed by atoms with Gasteiger partial charge in [0, 0.05) is 43.4 Å². The number of benzene rings is 2. The van der Waals surface area contributed by atoms with Crippen LogP contribution < -0.4 is 5.32 Å². The van der Waals surface area contributed by atoms with Crippen molar-refractivity contribution in [1.29, 1.82) is 5.26 Å². The second-order valence-corrected chi connectivity index (χ2v) is 8.00. The van der Waals surface area contributed by atoms with E-state index in [-0.39, 0.29) is 16.8 Å². The second kappa shape index (κ2) is 9.92. The molecule has 0 radical (unpaired) electrons. The Labute approximate surface area is 190 Å². The van der Waals surface area contributed by atoms with E-state index in [0.29, 0.717) is 22.2 Å². The number of ether oxygens (including phenoxy) is 1. The minimum absolute atomic E-state index is 0.116. The number of rotatable bonds is 7. The maximum absolute atomic E-state index is 11.4. The van der Waals surface area contributed by atoms with Crippen molar-refractivity contribution < 1.29 is 9.66 Å². The number of anilines is 1. The van der Waals surface area contributed by atoms with Gasteiger partial charge in [0.1, 0.15) is 6.07 Å². The molecule has 8 nitrogen and oxygen atoms in total. The van der Waals surface area contributed by atoms with Gasteiger partial charge >= 0.3 is 0 Å². The Hall–Kier alpha value is -3.25. The number of nitro benzene ring substituents is 1. The van der Waals surface area contributed by atoms with Crippen molar-refractivity contribution in [1.82, 2.24) is 9.88 Å². The molecule has 2 aromatic carbocycles. The Bertz CT molecular complexity index is 1160. The fourth-order valence-corrected chi connectivity index (χ4v) is 4.17. The highest BCUT2D eigenvalue weighted by molar-refractivity contribution is 6.35. The fourth-order valence-electron chi connectivity index (χ4n) is 3.91. The van der Waals surface area contributed by atoms with Crippen LogP contribution in [0.1, 0.15) is 23.6 Å². The summed E-state index contributed by atoms with van der Waals surface area (Å²) in [6.07, 6.45) is 2.23. The van der Waals surface area contributed by atoms with Crippen LogP contribution in [0.3, 0.4) is 0 Å². The number of morpholine rings is 1. The first kappa shape index (κ1) is 22.0. The predicted molar refractivity (Wildman–Crippen MR) is 123 cm³/mol. The third-order valence-corrected chi connectivity index (χ3v) is 5.89. The van der Waals surface area contributed by atoms with Crippen LogP contribution in [0.5, 0.6) is 0 Å². The number of nitro groups is 1. The zero-order chi connectivity index (χ0) is 22.5. The molecule has 3 aromatic rings. The molecule has 0 amide bonds. The quantitative estimate of drug-likeness (QED) is 0.415. The van der Waals surface area contributed by atoms with Crippen LogP contribution in [0, 0.1) is 21.4 Å². The Morgan fingerprint density at radius 3 is 2.72 bits per heavy atom. The third kappa shape index (κ3) is 4.81. The van der Waals surface area contributed by atoms with Crippen LogP contribution >= 0.6 is 11.6 Å². The maximum Gasteiger partial charge on any atom is 0.271 e. The van der Waals surface area contributed by atoms with E-state index in [2.05, 4.69) is 21.3 Å². The number of hydrogen-bond donors (Lipinski definition) is 1. The van der Waals surface area contributed by atoms with Gasteiger partial charge in [-0.25, -0.2) is 0 Å². The summed E-state index contributed by atoms with van der Waals surface area (Å²) in [5.41, 5.74) is 2.14. The lowest BCUT2D eigenvalue weighted by atomic mass is 10.0. The number of fused-ring (bicyclic) bond motifs is 1. The van der Waals surface area contributed by atoms with Crippen molar-refractivity contribution >= 4 is 33.9 Å². The van der Waals surface area contributed by atoms with Crippen LogP contribution in [0.4, 0.5) is 11.4 Å². The van der Waals surface area contributed by atoms with Gasteiger partial charge < -0.3 is 10.1 Å². The Balaban J connectivity index is 1.74. The summed E-state index contributed by atoms with van der Waals surface area (Å²) in [5.74, 6) is 0. The van der Waals surface area contributed by atoms with Crippen molar-refractivity contribution in [3.8, 4) is 6.07 Å². The molecule has 0 spiro atoms. The van der Waals surface area contributed by atoms with Crippen LogP contribution in [0.15, 0.2) is 48.7 Å². The minimum Gasteiger partial charge on any atom is -0.379 e.